The fraction of sp³-hybridized carbons (Fsp3) is 0.400. The zero-order valence-corrected chi connectivity index (χ0v) is 11.5. The standard InChI is InChI=1S/C15H20N4/c1-18(11-15-16-7-8-19(15)2)10-12-9-17-14-6-4-3-5-13(12)14/h3-8,12,17H,9-11H2,1-2H3. The van der Waals surface area contributed by atoms with Gasteiger partial charge in [-0.2, -0.15) is 0 Å². The van der Waals surface area contributed by atoms with Crippen LogP contribution in [0.5, 0.6) is 0 Å². The van der Waals surface area contributed by atoms with Crippen molar-refractivity contribution in [3.05, 3.63) is 48.0 Å². The quantitative estimate of drug-likeness (QED) is 0.909. The zero-order chi connectivity index (χ0) is 13.2. The lowest BCUT2D eigenvalue weighted by Crippen LogP contribution is -2.26. The Bertz CT molecular complexity index is 561. The second kappa shape index (κ2) is 5.05. The molecule has 1 unspecified atom stereocenters. The summed E-state index contributed by atoms with van der Waals surface area (Å²) >= 11 is 0. The maximum absolute atomic E-state index is 4.38. The van der Waals surface area contributed by atoms with Crippen molar-refractivity contribution >= 4 is 5.69 Å². The van der Waals surface area contributed by atoms with E-state index in [-0.39, 0.29) is 0 Å². The third kappa shape index (κ3) is 2.49. The number of aromatic nitrogens is 2. The lowest BCUT2D eigenvalue weighted by molar-refractivity contribution is 0.299. The molecule has 4 heteroatoms. The van der Waals surface area contributed by atoms with Crippen LogP contribution in [0, 0.1) is 0 Å². The van der Waals surface area contributed by atoms with E-state index >= 15 is 0 Å². The summed E-state index contributed by atoms with van der Waals surface area (Å²) in [6.07, 6.45) is 3.85. The minimum Gasteiger partial charge on any atom is -0.384 e. The summed E-state index contributed by atoms with van der Waals surface area (Å²) in [6, 6.07) is 8.60. The van der Waals surface area contributed by atoms with E-state index in [4.69, 9.17) is 0 Å². The molecule has 2 aromatic rings. The molecule has 4 nitrogen and oxygen atoms in total. The average molecular weight is 256 g/mol. The first-order valence-corrected chi connectivity index (χ1v) is 6.71. The Hall–Kier alpha value is -1.81. The topological polar surface area (TPSA) is 33.1 Å². The molecular formula is C15H20N4. The SMILES string of the molecule is CN(Cc1nccn1C)CC1CNc2ccccc21. The van der Waals surface area contributed by atoms with Gasteiger partial charge in [0.2, 0.25) is 0 Å². The molecule has 1 aromatic heterocycles. The van der Waals surface area contributed by atoms with E-state index in [2.05, 4.69) is 51.1 Å². The highest BCUT2D eigenvalue weighted by atomic mass is 15.2. The Morgan fingerprint density at radius 2 is 2.26 bits per heavy atom. The van der Waals surface area contributed by atoms with Crippen LogP contribution in [-0.4, -0.2) is 34.6 Å². The molecule has 1 aromatic carbocycles. The molecule has 0 radical (unpaired) electrons. The van der Waals surface area contributed by atoms with Gasteiger partial charge in [0, 0.05) is 44.1 Å². The number of rotatable bonds is 4. The Kier molecular flexibility index (Phi) is 3.25. The van der Waals surface area contributed by atoms with Crippen LogP contribution in [0.15, 0.2) is 36.7 Å². The summed E-state index contributed by atoms with van der Waals surface area (Å²) < 4.78 is 2.08. The summed E-state index contributed by atoms with van der Waals surface area (Å²) in [7, 11) is 4.21. The predicted molar refractivity (Wildman–Crippen MR) is 77.2 cm³/mol. The van der Waals surface area contributed by atoms with Crippen molar-refractivity contribution in [3.63, 3.8) is 0 Å². The van der Waals surface area contributed by atoms with E-state index in [1.165, 1.54) is 11.3 Å². The molecule has 1 aliphatic heterocycles. The second-order valence-electron chi connectivity index (χ2n) is 5.32. The van der Waals surface area contributed by atoms with Crippen LogP contribution in [0.3, 0.4) is 0 Å². The molecule has 0 saturated carbocycles. The molecule has 0 spiro atoms. The van der Waals surface area contributed by atoms with Crippen LogP contribution in [0.4, 0.5) is 5.69 Å². The van der Waals surface area contributed by atoms with Crippen LogP contribution in [0.2, 0.25) is 0 Å². The minimum atomic E-state index is 0.571. The van der Waals surface area contributed by atoms with Gasteiger partial charge in [-0.05, 0) is 18.7 Å². The molecule has 1 N–H and O–H groups in total. The average Bonchev–Trinajstić information content (AvgIpc) is 2.98. The van der Waals surface area contributed by atoms with Crippen LogP contribution < -0.4 is 5.32 Å². The Labute approximate surface area is 114 Å². The molecule has 0 fully saturated rings. The molecular weight excluding hydrogens is 236 g/mol. The number of imidazole rings is 1. The van der Waals surface area contributed by atoms with Crippen LogP contribution >= 0.6 is 0 Å². The molecule has 2 heterocycles. The number of fused-ring (bicyclic) bond motifs is 1. The number of anilines is 1. The van der Waals surface area contributed by atoms with E-state index in [9.17, 15) is 0 Å². The van der Waals surface area contributed by atoms with Crippen molar-refractivity contribution in [2.45, 2.75) is 12.5 Å². The third-order valence-electron chi connectivity index (χ3n) is 3.80. The van der Waals surface area contributed by atoms with Crippen molar-refractivity contribution in [2.75, 3.05) is 25.5 Å². The van der Waals surface area contributed by atoms with Crippen molar-refractivity contribution in [1.29, 1.82) is 0 Å². The fourth-order valence-corrected chi connectivity index (χ4v) is 2.75. The molecule has 19 heavy (non-hydrogen) atoms. The maximum Gasteiger partial charge on any atom is 0.122 e. The van der Waals surface area contributed by atoms with Gasteiger partial charge in [0.15, 0.2) is 0 Å². The van der Waals surface area contributed by atoms with Gasteiger partial charge in [0.25, 0.3) is 0 Å². The highest BCUT2D eigenvalue weighted by molar-refractivity contribution is 5.57. The minimum absolute atomic E-state index is 0.571. The number of nitrogens with one attached hydrogen (secondary N) is 1. The van der Waals surface area contributed by atoms with Crippen molar-refractivity contribution in [2.24, 2.45) is 7.05 Å². The normalized spacial score (nSPS) is 17.5. The molecule has 0 amide bonds. The number of nitrogens with zero attached hydrogens (tertiary/aromatic N) is 3. The molecule has 1 aliphatic rings. The molecule has 3 rings (SSSR count). The van der Waals surface area contributed by atoms with Gasteiger partial charge in [0.05, 0.1) is 6.54 Å². The third-order valence-corrected chi connectivity index (χ3v) is 3.80. The number of hydrogen-bond acceptors (Lipinski definition) is 3. The van der Waals surface area contributed by atoms with Gasteiger partial charge >= 0.3 is 0 Å². The maximum atomic E-state index is 4.38. The monoisotopic (exact) mass is 256 g/mol. The Morgan fingerprint density at radius 3 is 3.05 bits per heavy atom. The number of aryl methyl sites for hydroxylation is 1. The van der Waals surface area contributed by atoms with Crippen LogP contribution in [0.25, 0.3) is 0 Å². The fourth-order valence-electron chi connectivity index (χ4n) is 2.75. The summed E-state index contributed by atoms with van der Waals surface area (Å²) in [5, 5.41) is 3.48. The lowest BCUT2D eigenvalue weighted by Gasteiger charge is -2.20. The number of likely N-dealkylation sites (N-methyl/N-ethyl adjacent to an activating group) is 1. The first-order valence-electron chi connectivity index (χ1n) is 6.71. The van der Waals surface area contributed by atoms with E-state index < -0.39 is 0 Å². The molecule has 0 bridgehead atoms. The summed E-state index contributed by atoms with van der Waals surface area (Å²) in [4.78, 5) is 6.72. The van der Waals surface area contributed by atoms with Gasteiger partial charge in [-0.1, -0.05) is 18.2 Å². The predicted octanol–water partition coefficient (Wildman–Crippen LogP) is 2.06. The first-order chi connectivity index (χ1) is 9.24. The van der Waals surface area contributed by atoms with Crippen molar-refractivity contribution in [3.8, 4) is 0 Å². The van der Waals surface area contributed by atoms with Gasteiger partial charge in [-0.25, -0.2) is 4.98 Å². The second-order valence-corrected chi connectivity index (χ2v) is 5.32. The van der Waals surface area contributed by atoms with E-state index in [1.54, 1.807) is 0 Å². The smallest absolute Gasteiger partial charge is 0.122 e. The number of para-hydroxylation sites is 1. The molecule has 1 atom stereocenters. The van der Waals surface area contributed by atoms with Crippen LogP contribution in [-0.2, 0) is 13.6 Å². The van der Waals surface area contributed by atoms with E-state index in [0.29, 0.717) is 5.92 Å². The van der Waals surface area contributed by atoms with Gasteiger partial charge < -0.3 is 9.88 Å². The largest absolute Gasteiger partial charge is 0.384 e. The van der Waals surface area contributed by atoms with Gasteiger partial charge in [-0.3, -0.25) is 4.90 Å². The summed E-state index contributed by atoms with van der Waals surface area (Å²) in [6.45, 7) is 2.98. The van der Waals surface area contributed by atoms with E-state index in [1.807, 2.05) is 19.4 Å². The summed E-state index contributed by atoms with van der Waals surface area (Å²) in [5.41, 5.74) is 2.73. The first kappa shape index (κ1) is 12.2. The van der Waals surface area contributed by atoms with Gasteiger partial charge in [-0.15, -0.1) is 0 Å². The number of hydrogen-bond donors (Lipinski definition) is 1. The Balaban J connectivity index is 1.65. The van der Waals surface area contributed by atoms with Crippen LogP contribution in [0.1, 0.15) is 17.3 Å². The summed E-state index contributed by atoms with van der Waals surface area (Å²) in [5.74, 6) is 1.68. The van der Waals surface area contributed by atoms with E-state index in [0.717, 1.165) is 25.5 Å². The molecule has 0 saturated heterocycles. The van der Waals surface area contributed by atoms with Crippen molar-refractivity contribution in [1.82, 2.24) is 14.5 Å². The zero-order valence-electron chi connectivity index (χ0n) is 11.5. The number of benzene rings is 1. The molecule has 0 aliphatic carbocycles. The Morgan fingerprint density at radius 1 is 1.42 bits per heavy atom. The lowest BCUT2D eigenvalue weighted by atomic mass is 10.0. The molecule has 100 valence electrons. The van der Waals surface area contributed by atoms with Crippen molar-refractivity contribution < 1.29 is 0 Å². The van der Waals surface area contributed by atoms with Gasteiger partial charge in [0.1, 0.15) is 5.82 Å². The highest BCUT2D eigenvalue weighted by Gasteiger charge is 2.22. The highest BCUT2D eigenvalue weighted by Crippen LogP contribution is 2.31.